The summed E-state index contributed by atoms with van der Waals surface area (Å²) in [4.78, 5) is 26.0. The van der Waals surface area contributed by atoms with E-state index in [4.69, 9.17) is 0 Å². The molecule has 0 unspecified atom stereocenters. The van der Waals surface area contributed by atoms with Crippen LogP contribution in [0.3, 0.4) is 0 Å². The molecule has 6 heteroatoms. The quantitative estimate of drug-likeness (QED) is 0.622. The molecule has 2 heterocycles. The number of carbonyl (C=O) groups is 1. The predicted molar refractivity (Wildman–Crippen MR) is 87.6 cm³/mol. The maximum Gasteiger partial charge on any atom is 0.328 e. The number of rotatable bonds is 2. The Balaban J connectivity index is 2.02. The molecule has 3 rings (SSSR count). The number of fused-ring (bicyclic) bond motifs is 1. The van der Waals surface area contributed by atoms with Crippen molar-refractivity contribution in [2.45, 2.75) is 12.8 Å². The zero-order valence-electron chi connectivity index (χ0n) is 13.2. The van der Waals surface area contributed by atoms with E-state index in [1.54, 1.807) is 34.2 Å². The maximum absolute atomic E-state index is 12.3. The van der Waals surface area contributed by atoms with Crippen LogP contribution in [0.4, 0.5) is 0 Å². The van der Waals surface area contributed by atoms with Crippen LogP contribution in [-0.4, -0.2) is 33.0 Å². The first-order valence-corrected chi connectivity index (χ1v) is 7.59. The van der Waals surface area contributed by atoms with Crippen molar-refractivity contribution in [3.63, 3.8) is 0 Å². The first-order valence-electron chi connectivity index (χ1n) is 7.59. The molecule has 1 fully saturated rings. The van der Waals surface area contributed by atoms with E-state index in [2.05, 4.69) is 0 Å². The van der Waals surface area contributed by atoms with Crippen LogP contribution in [0.25, 0.3) is 17.1 Å². The molecule has 0 atom stereocenters. The summed E-state index contributed by atoms with van der Waals surface area (Å²) in [5, 5.41) is 9.31. The highest BCUT2D eigenvalue weighted by Gasteiger charge is 2.21. The number of benzene rings is 1. The Hall–Kier alpha value is -2.81. The molecule has 0 bridgehead atoms. The summed E-state index contributed by atoms with van der Waals surface area (Å²) in [7, 11) is 3.43. The van der Waals surface area contributed by atoms with Gasteiger partial charge in [0.25, 0.3) is 5.91 Å². The van der Waals surface area contributed by atoms with Gasteiger partial charge in [-0.25, -0.2) is 4.79 Å². The molecule has 1 saturated heterocycles. The normalized spacial score (nSPS) is 15.2. The fourth-order valence-electron chi connectivity index (χ4n) is 3.01. The van der Waals surface area contributed by atoms with Gasteiger partial charge >= 0.3 is 5.69 Å². The number of amides is 1. The van der Waals surface area contributed by atoms with Crippen molar-refractivity contribution in [2.24, 2.45) is 14.1 Å². The van der Waals surface area contributed by atoms with Crippen LogP contribution < -0.4 is 5.69 Å². The van der Waals surface area contributed by atoms with E-state index in [-0.39, 0.29) is 17.2 Å². The van der Waals surface area contributed by atoms with E-state index in [0.29, 0.717) is 13.1 Å². The summed E-state index contributed by atoms with van der Waals surface area (Å²) in [6, 6.07) is 7.47. The fourth-order valence-corrected chi connectivity index (χ4v) is 3.01. The summed E-state index contributed by atoms with van der Waals surface area (Å²) in [6.45, 7) is 1.42. The molecule has 1 amide bonds. The topological polar surface area (TPSA) is 71.0 Å². The molecule has 0 radical (unpaired) electrons. The molecule has 1 aliphatic rings. The minimum atomic E-state index is -0.216. The lowest BCUT2D eigenvalue weighted by Crippen LogP contribution is -2.28. The summed E-state index contributed by atoms with van der Waals surface area (Å²) in [5.74, 6) is -0.216. The van der Waals surface area contributed by atoms with Gasteiger partial charge in [0.2, 0.25) is 0 Å². The van der Waals surface area contributed by atoms with Gasteiger partial charge in [0.15, 0.2) is 0 Å². The molecule has 118 valence electrons. The Morgan fingerprint density at radius 3 is 2.48 bits per heavy atom. The van der Waals surface area contributed by atoms with Gasteiger partial charge in [0.1, 0.15) is 11.6 Å². The van der Waals surface area contributed by atoms with Gasteiger partial charge in [0.05, 0.1) is 11.0 Å². The first kappa shape index (κ1) is 15.1. The lowest BCUT2D eigenvalue weighted by molar-refractivity contribution is -0.125. The number of nitrogens with zero attached hydrogens (tertiary/aromatic N) is 4. The molecule has 6 nitrogen and oxygen atoms in total. The van der Waals surface area contributed by atoms with Gasteiger partial charge in [-0.2, -0.15) is 5.26 Å². The van der Waals surface area contributed by atoms with Gasteiger partial charge in [-0.05, 0) is 36.6 Å². The third kappa shape index (κ3) is 2.55. The van der Waals surface area contributed by atoms with Gasteiger partial charge in [-0.1, -0.05) is 6.07 Å². The molecule has 0 N–H and O–H groups in total. The Morgan fingerprint density at radius 2 is 1.83 bits per heavy atom. The summed E-state index contributed by atoms with van der Waals surface area (Å²) < 4.78 is 3.13. The van der Waals surface area contributed by atoms with Crippen LogP contribution in [-0.2, 0) is 18.9 Å². The smallest absolute Gasteiger partial charge is 0.328 e. The Bertz CT molecular complexity index is 905. The van der Waals surface area contributed by atoms with Gasteiger partial charge < -0.3 is 4.90 Å². The summed E-state index contributed by atoms with van der Waals surface area (Å²) in [5.41, 5.74) is 2.36. The average molecular weight is 310 g/mol. The molecule has 23 heavy (non-hydrogen) atoms. The second kappa shape index (κ2) is 5.76. The van der Waals surface area contributed by atoms with E-state index in [1.807, 2.05) is 24.3 Å². The fraction of sp³-hybridized carbons (Fsp3) is 0.353. The monoisotopic (exact) mass is 310 g/mol. The number of aromatic nitrogens is 2. The van der Waals surface area contributed by atoms with Crippen LogP contribution in [0.15, 0.2) is 28.6 Å². The standard InChI is InChI=1S/C17H18N4O2/c1-19-14-6-5-12(10-15(14)20(2)17(19)23)9-13(11-18)16(22)21-7-3-4-8-21/h5-6,9-10H,3-4,7-8H2,1-2H3/b13-9+. The van der Waals surface area contributed by atoms with Crippen LogP contribution in [0, 0.1) is 11.3 Å². The van der Waals surface area contributed by atoms with Crippen LogP contribution in [0.5, 0.6) is 0 Å². The van der Waals surface area contributed by atoms with E-state index in [1.165, 1.54) is 0 Å². The number of aryl methyl sites for hydroxylation is 2. The zero-order valence-corrected chi connectivity index (χ0v) is 13.2. The lowest BCUT2D eigenvalue weighted by Gasteiger charge is -2.14. The molecule has 0 aliphatic carbocycles. The summed E-state index contributed by atoms with van der Waals surface area (Å²) in [6.07, 6.45) is 3.57. The number of nitriles is 1. The minimum Gasteiger partial charge on any atom is -0.338 e. The highest BCUT2D eigenvalue weighted by molar-refractivity contribution is 6.02. The average Bonchev–Trinajstić information content (AvgIpc) is 3.17. The van der Waals surface area contributed by atoms with Crippen molar-refractivity contribution < 1.29 is 4.79 Å². The van der Waals surface area contributed by atoms with Gasteiger partial charge in [-0.3, -0.25) is 13.9 Å². The molecule has 1 aromatic carbocycles. The second-order valence-electron chi connectivity index (χ2n) is 5.82. The third-order valence-electron chi connectivity index (χ3n) is 4.35. The molecule has 0 saturated carbocycles. The van der Waals surface area contributed by atoms with Crippen molar-refractivity contribution in [1.82, 2.24) is 14.0 Å². The molecular weight excluding hydrogens is 292 g/mol. The van der Waals surface area contributed by atoms with Crippen LogP contribution in [0.2, 0.25) is 0 Å². The number of imidazole rings is 1. The molecule has 2 aromatic rings. The maximum atomic E-state index is 12.3. The Kier molecular flexibility index (Phi) is 3.78. The Labute approximate surface area is 133 Å². The summed E-state index contributed by atoms with van der Waals surface area (Å²) >= 11 is 0. The minimum absolute atomic E-state index is 0.102. The van der Waals surface area contributed by atoms with Crippen LogP contribution in [0.1, 0.15) is 18.4 Å². The molecule has 1 aliphatic heterocycles. The van der Waals surface area contributed by atoms with E-state index in [0.717, 1.165) is 29.4 Å². The highest BCUT2D eigenvalue weighted by atomic mass is 16.2. The van der Waals surface area contributed by atoms with Crippen LogP contribution >= 0.6 is 0 Å². The number of likely N-dealkylation sites (tertiary alicyclic amines) is 1. The van der Waals surface area contributed by atoms with Gasteiger partial charge in [-0.15, -0.1) is 0 Å². The van der Waals surface area contributed by atoms with Gasteiger partial charge in [0, 0.05) is 27.2 Å². The van der Waals surface area contributed by atoms with Crippen molar-refractivity contribution in [3.05, 3.63) is 39.8 Å². The highest BCUT2D eigenvalue weighted by Crippen LogP contribution is 2.18. The third-order valence-corrected chi connectivity index (χ3v) is 4.35. The van der Waals surface area contributed by atoms with Crippen molar-refractivity contribution in [2.75, 3.05) is 13.1 Å². The van der Waals surface area contributed by atoms with Crippen molar-refractivity contribution >= 4 is 23.0 Å². The SMILES string of the molecule is Cn1c(=O)n(C)c2cc(/C=C(\C#N)C(=O)N3CCCC3)ccc21. The lowest BCUT2D eigenvalue weighted by atomic mass is 10.1. The molecule has 1 aromatic heterocycles. The molecular formula is C17H18N4O2. The van der Waals surface area contributed by atoms with E-state index >= 15 is 0 Å². The number of hydrogen-bond acceptors (Lipinski definition) is 3. The number of hydrogen-bond donors (Lipinski definition) is 0. The van der Waals surface area contributed by atoms with E-state index < -0.39 is 0 Å². The predicted octanol–water partition coefficient (Wildman–Crippen LogP) is 1.41. The van der Waals surface area contributed by atoms with Crippen molar-refractivity contribution in [3.8, 4) is 6.07 Å². The second-order valence-corrected chi connectivity index (χ2v) is 5.82. The van der Waals surface area contributed by atoms with Crippen molar-refractivity contribution in [1.29, 1.82) is 5.26 Å². The molecule has 0 spiro atoms. The largest absolute Gasteiger partial charge is 0.338 e. The van der Waals surface area contributed by atoms with E-state index in [9.17, 15) is 14.9 Å². The number of carbonyl (C=O) groups excluding carboxylic acids is 1. The first-order chi connectivity index (χ1) is 11.0. The Morgan fingerprint density at radius 1 is 1.17 bits per heavy atom. The zero-order chi connectivity index (χ0) is 16.6.